The molecule has 0 N–H and O–H groups in total. The molecule has 0 amide bonds. The van der Waals surface area contributed by atoms with E-state index in [2.05, 4.69) is 5.94 Å². The molecule has 2 nitrogen and oxygen atoms in total. The molecule has 4 rings (SSSR count). The molecule has 0 heterocycles. The number of hydrogen-bond donors (Lipinski definition) is 0. The fraction of sp³-hybridized carbons (Fsp3) is 0.885. The Hall–Kier alpha value is -0.880. The fourth-order valence-corrected chi connectivity index (χ4v) is 7.66. The van der Waals surface area contributed by atoms with Crippen molar-refractivity contribution in [2.45, 2.75) is 109 Å². The number of fused-ring (bicyclic) bond motifs is 2. The van der Waals surface area contributed by atoms with Gasteiger partial charge in [-0.3, -0.25) is 4.79 Å². The van der Waals surface area contributed by atoms with Crippen LogP contribution in [0.25, 0.3) is 0 Å². The predicted octanol–water partition coefficient (Wildman–Crippen LogP) is 6.70. The summed E-state index contributed by atoms with van der Waals surface area (Å²) in [6, 6.07) is 0. The molecule has 6 atom stereocenters. The first kappa shape index (κ1) is 20.4. The largest absolute Gasteiger partial charge is 0.299 e. The van der Waals surface area contributed by atoms with Gasteiger partial charge in [0.2, 0.25) is 0 Å². The Kier molecular flexibility index (Phi) is 7.10. The van der Waals surface area contributed by atoms with Gasteiger partial charge >= 0.3 is 0 Å². The quantitative estimate of drug-likeness (QED) is 0.478. The van der Waals surface area contributed by atoms with Crippen molar-refractivity contribution >= 4 is 11.7 Å². The molecule has 0 aliphatic heterocycles. The Morgan fingerprint density at radius 1 is 0.643 bits per heavy atom. The predicted molar refractivity (Wildman–Crippen MR) is 114 cm³/mol. The molecule has 4 fully saturated rings. The first-order chi connectivity index (χ1) is 13.8. The van der Waals surface area contributed by atoms with Gasteiger partial charge in [-0.25, -0.2) is 4.79 Å². The summed E-state index contributed by atoms with van der Waals surface area (Å²) in [5, 5.41) is 0. The third-order valence-electron chi connectivity index (χ3n) is 9.01. The monoisotopic (exact) mass is 384 g/mol. The van der Waals surface area contributed by atoms with E-state index in [1.165, 1.54) is 83.5 Å². The van der Waals surface area contributed by atoms with Gasteiger partial charge in [0.05, 0.1) is 0 Å². The third-order valence-corrected chi connectivity index (χ3v) is 9.01. The second kappa shape index (κ2) is 9.75. The van der Waals surface area contributed by atoms with E-state index in [0.717, 1.165) is 42.6 Å². The van der Waals surface area contributed by atoms with Crippen molar-refractivity contribution in [1.29, 1.82) is 0 Å². The molecule has 0 bridgehead atoms. The van der Waals surface area contributed by atoms with Gasteiger partial charge in [-0.05, 0) is 68.1 Å². The summed E-state index contributed by atoms with van der Waals surface area (Å²) in [4.78, 5) is 24.8. The van der Waals surface area contributed by atoms with Crippen molar-refractivity contribution in [3.63, 3.8) is 0 Å². The van der Waals surface area contributed by atoms with Crippen molar-refractivity contribution in [1.82, 2.24) is 0 Å². The van der Waals surface area contributed by atoms with Crippen molar-refractivity contribution in [3.8, 4) is 0 Å². The SMILES string of the molecule is O=C=C(CCCC(=O)C1CCCC2CCCCC21)C1CCCC2CCCCC21. The van der Waals surface area contributed by atoms with E-state index in [0.29, 0.717) is 30.0 Å². The van der Waals surface area contributed by atoms with Gasteiger partial charge in [-0.1, -0.05) is 64.2 Å². The minimum absolute atomic E-state index is 0.333. The lowest BCUT2D eigenvalue weighted by atomic mass is 9.63. The van der Waals surface area contributed by atoms with E-state index < -0.39 is 0 Å². The Bertz CT molecular complexity index is 583. The van der Waals surface area contributed by atoms with Gasteiger partial charge in [0, 0.05) is 17.9 Å². The maximum absolute atomic E-state index is 13.0. The Labute approximate surface area is 171 Å². The summed E-state index contributed by atoms with van der Waals surface area (Å²) in [5.74, 6) is 6.77. The van der Waals surface area contributed by atoms with Crippen LogP contribution in [-0.4, -0.2) is 11.7 Å². The average molecular weight is 385 g/mol. The van der Waals surface area contributed by atoms with E-state index in [4.69, 9.17) is 0 Å². The van der Waals surface area contributed by atoms with Crippen LogP contribution in [0.1, 0.15) is 109 Å². The normalized spacial score (nSPS) is 38.0. The zero-order valence-electron chi connectivity index (χ0n) is 17.8. The van der Waals surface area contributed by atoms with E-state index >= 15 is 0 Å². The maximum atomic E-state index is 13.0. The van der Waals surface area contributed by atoms with Gasteiger partial charge in [0.15, 0.2) is 0 Å². The molecule has 0 aromatic rings. The lowest BCUT2D eigenvalue weighted by Gasteiger charge is -2.42. The first-order valence-electron chi connectivity index (χ1n) is 12.5. The Morgan fingerprint density at radius 3 is 1.82 bits per heavy atom. The smallest absolute Gasteiger partial charge is 0.136 e. The van der Waals surface area contributed by atoms with Gasteiger partial charge in [0.1, 0.15) is 11.7 Å². The third kappa shape index (κ3) is 4.48. The van der Waals surface area contributed by atoms with Crippen LogP contribution in [0, 0.1) is 35.5 Å². The van der Waals surface area contributed by atoms with E-state index in [1.54, 1.807) is 0 Å². The summed E-state index contributed by atoms with van der Waals surface area (Å²) < 4.78 is 0. The van der Waals surface area contributed by atoms with Gasteiger partial charge in [-0.15, -0.1) is 0 Å². The summed E-state index contributed by atoms with van der Waals surface area (Å²) in [6.45, 7) is 0. The molecule has 0 aromatic carbocycles. The van der Waals surface area contributed by atoms with Crippen LogP contribution in [0.15, 0.2) is 5.57 Å². The van der Waals surface area contributed by atoms with Crippen LogP contribution in [0.4, 0.5) is 0 Å². The van der Waals surface area contributed by atoms with Gasteiger partial charge in [0.25, 0.3) is 0 Å². The second-order valence-electron chi connectivity index (χ2n) is 10.4. The number of hydrogen-bond acceptors (Lipinski definition) is 2. The standard InChI is InChI=1S/C26H40O2/c27-18-21(24-15-5-10-19-8-1-3-13-22(19)24)12-7-17-26(28)25-16-6-11-20-9-2-4-14-23(20)25/h19-20,22-25H,1-17H2. The van der Waals surface area contributed by atoms with E-state index in [-0.39, 0.29) is 0 Å². The number of carbonyl (C=O) groups is 1. The molecule has 28 heavy (non-hydrogen) atoms. The molecular formula is C26H40O2. The molecule has 0 radical (unpaired) electrons. The molecule has 0 aromatic heterocycles. The van der Waals surface area contributed by atoms with Crippen LogP contribution in [0.3, 0.4) is 0 Å². The number of ketones is 1. The number of allylic oxidation sites excluding steroid dienone is 1. The number of Topliss-reactive ketones (excluding diaryl/α,β-unsaturated/α-hetero) is 1. The zero-order valence-corrected chi connectivity index (χ0v) is 17.8. The lowest BCUT2D eigenvalue weighted by Crippen LogP contribution is -2.35. The van der Waals surface area contributed by atoms with Crippen LogP contribution in [0.5, 0.6) is 0 Å². The average Bonchev–Trinajstić information content (AvgIpc) is 2.76. The number of carbonyl (C=O) groups excluding carboxylic acids is 2. The summed E-state index contributed by atoms with van der Waals surface area (Å²) in [5.41, 5.74) is 1.03. The highest BCUT2D eigenvalue weighted by Crippen LogP contribution is 2.47. The topological polar surface area (TPSA) is 34.1 Å². The molecule has 4 aliphatic carbocycles. The zero-order chi connectivity index (χ0) is 19.3. The van der Waals surface area contributed by atoms with Gasteiger partial charge in [-0.2, -0.15) is 0 Å². The van der Waals surface area contributed by atoms with Crippen molar-refractivity contribution < 1.29 is 9.59 Å². The number of rotatable bonds is 6. The highest BCUT2D eigenvalue weighted by atomic mass is 16.1. The summed E-state index contributed by atoms with van der Waals surface area (Å²) in [6.07, 6.45) is 20.7. The van der Waals surface area contributed by atoms with Gasteiger partial charge < -0.3 is 0 Å². The molecule has 4 saturated carbocycles. The Balaban J connectivity index is 1.29. The van der Waals surface area contributed by atoms with Crippen LogP contribution < -0.4 is 0 Å². The highest BCUT2D eigenvalue weighted by molar-refractivity contribution is 5.81. The van der Waals surface area contributed by atoms with Crippen molar-refractivity contribution in [2.75, 3.05) is 0 Å². The van der Waals surface area contributed by atoms with Crippen LogP contribution in [-0.2, 0) is 9.59 Å². The molecule has 2 heteroatoms. The minimum Gasteiger partial charge on any atom is -0.299 e. The maximum Gasteiger partial charge on any atom is 0.136 e. The summed E-state index contributed by atoms with van der Waals surface area (Å²) in [7, 11) is 0. The highest BCUT2D eigenvalue weighted by Gasteiger charge is 2.39. The van der Waals surface area contributed by atoms with Crippen molar-refractivity contribution in [3.05, 3.63) is 5.57 Å². The molecule has 156 valence electrons. The molecule has 0 spiro atoms. The first-order valence-corrected chi connectivity index (χ1v) is 12.5. The van der Waals surface area contributed by atoms with Crippen LogP contribution in [0.2, 0.25) is 0 Å². The molecular weight excluding hydrogens is 344 g/mol. The van der Waals surface area contributed by atoms with Crippen molar-refractivity contribution in [2.24, 2.45) is 35.5 Å². The molecule has 6 unspecified atom stereocenters. The lowest BCUT2D eigenvalue weighted by molar-refractivity contribution is -0.127. The second-order valence-corrected chi connectivity index (χ2v) is 10.4. The Morgan fingerprint density at radius 2 is 1.18 bits per heavy atom. The minimum atomic E-state index is 0.333. The van der Waals surface area contributed by atoms with Crippen LogP contribution >= 0.6 is 0 Å². The fourth-order valence-electron chi connectivity index (χ4n) is 7.66. The van der Waals surface area contributed by atoms with E-state index in [1.807, 2.05) is 0 Å². The van der Waals surface area contributed by atoms with E-state index in [9.17, 15) is 9.59 Å². The summed E-state index contributed by atoms with van der Waals surface area (Å²) >= 11 is 0. The molecule has 4 aliphatic rings. The molecule has 0 saturated heterocycles.